The number of hydrogen-bond donors (Lipinski definition) is 0. The van der Waals surface area contributed by atoms with E-state index in [1.165, 1.54) is 5.56 Å². The highest BCUT2D eigenvalue weighted by atomic mass is 15.1. The Morgan fingerprint density at radius 1 is 1.38 bits per heavy atom. The molecule has 0 aliphatic rings. The molecule has 0 aromatic heterocycles. The van der Waals surface area contributed by atoms with E-state index >= 15 is 0 Å². The molecule has 0 aliphatic heterocycles. The Morgan fingerprint density at radius 3 is 2.77 bits per heavy atom. The van der Waals surface area contributed by atoms with Crippen molar-refractivity contribution in [2.24, 2.45) is 4.99 Å². The molecule has 0 saturated heterocycles. The van der Waals surface area contributed by atoms with E-state index in [1.54, 1.807) is 0 Å². The molecule has 1 rings (SSSR count). The molecule has 0 amide bonds. The zero-order valence-electron chi connectivity index (χ0n) is 8.49. The van der Waals surface area contributed by atoms with Gasteiger partial charge in [0.25, 0.3) is 0 Å². The predicted molar refractivity (Wildman–Crippen MR) is 57.7 cm³/mol. The standard InChI is InChI=1S/C11H16N2/c1-4-10-6-5-7-11(8-10)12-9-13(2)3/h5-9H,4H2,1-3H3. The lowest BCUT2D eigenvalue weighted by molar-refractivity contribution is 0.643. The van der Waals surface area contributed by atoms with Gasteiger partial charge in [0.2, 0.25) is 0 Å². The maximum Gasteiger partial charge on any atom is 0.0907 e. The summed E-state index contributed by atoms with van der Waals surface area (Å²) in [5.41, 5.74) is 2.35. The van der Waals surface area contributed by atoms with Gasteiger partial charge in [0, 0.05) is 14.1 Å². The molecular formula is C11H16N2. The summed E-state index contributed by atoms with van der Waals surface area (Å²) in [6, 6.07) is 8.29. The third-order valence-corrected chi connectivity index (χ3v) is 1.76. The number of aliphatic imine (C=N–C) groups is 1. The molecule has 0 N–H and O–H groups in total. The topological polar surface area (TPSA) is 15.6 Å². The van der Waals surface area contributed by atoms with Gasteiger partial charge in [-0.25, -0.2) is 4.99 Å². The zero-order valence-corrected chi connectivity index (χ0v) is 8.49. The van der Waals surface area contributed by atoms with E-state index in [1.807, 2.05) is 37.5 Å². The fourth-order valence-corrected chi connectivity index (χ4v) is 1.04. The van der Waals surface area contributed by atoms with Crippen LogP contribution in [0.25, 0.3) is 0 Å². The van der Waals surface area contributed by atoms with Crippen molar-refractivity contribution in [1.29, 1.82) is 0 Å². The molecule has 1 aromatic carbocycles. The van der Waals surface area contributed by atoms with E-state index in [0.29, 0.717) is 0 Å². The normalized spacial score (nSPS) is 10.7. The van der Waals surface area contributed by atoms with Crippen LogP contribution in [0.4, 0.5) is 5.69 Å². The minimum absolute atomic E-state index is 1.02. The van der Waals surface area contributed by atoms with E-state index in [0.717, 1.165) is 12.1 Å². The van der Waals surface area contributed by atoms with Crippen LogP contribution >= 0.6 is 0 Å². The minimum atomic E-state index is 1.02. The van der Waals surface area contributed by atoms with Crippen LogP contribution in [0.15, 0.2) is 29.3 Å². The van der Waals surface area contributed by atoms with Gasteiger partial charge in [-0.2, -0.15) is 0 Å². The highest BCUT2D eigenvalue weighted by molar-refractivity contribution is 5.60. The molecule has 1 aromatic rings. The second kappa shape index (κ2) is 4.65. The lowest BCUT2D eigenvalue weighted by Crippen LogP contribution is -2.06. The van der Waals surface area contributed by atoms with E-state index < -0.39 is 0 Å². The maximum absolute atomic E-state index is 4.32. The van der Waals surface area contributed by atoms with Crippen LogP contribution in [-0.2, 0) is 6.42 Å². The van der Waals surface area contributed by atoms with E-state index in [-0.39, 0.29) is 0 Å². The molecule has 2 heteroatoms. The highest BCUT2D eigenvalue weighted by Gasteiger charge is 1.90. The van der Waals surface area contributed by atoms with E-state index in [2.05, 4.69) is 24.0 Å². The second-order valence-corrected chi connectivity index (χ2v) is 3.23. The molecular weight excluding hydrogens is 160 g/mol. The Kier molecular flexibility index (Phi) is 3.50. The average Bonchev–Trinajstić information content (AvgIpc) is 2.15. The first-order chi connectivity index (χ1) is 6.22. The van der Waals surface area contributed by atoms with Gasteiger partial charge in [0.15, 0.2) is 0 Å². The molecule has 0 spiro atoms. The molecule has 0 radical (unpaired) electrons. The number of nitrogens with zero attached hydrogens (tertiary/aromatic N) is 2. The third-order valence-electron chi connectivity index (χ3n) is 1.76. The van der Waals surface area contributed by atoms with Crippen LogP contribution in [0.3, 0.4) is 0 Å². The third kappa shape index (κ3) is 3.28. The Balaban J connectivity index is 2.77. The predicted octanol–water partition coefficient (Wildman–Crippen LogP) is 2.47. The molecule has 0 atom stereocenters. The first-order valence-electron chi connectivity index (χ1n) is 4.52. The van der Waals surface area contributed by atoms with Crippen molar-refractivity contribution in [3.05, 3.63) is 29.8 Å². The van der Waals surface area contributed by atoms with Crippen molar-refractivity contribution < 1.29 is 0 Å². The lowest BCUT2D eigenvalue weighted by Gasteiger charge is -2.02. The van der Waals surface area contributed by atoms with Gasteiger partial charge in [-0.1, -0.05) is 19.1 Å². The molecule has 0 saturated carbocycles. The van der Waals surface area contributed by atoms with Crippen LogP contribution in [0.1, 0.15) is 12.5 Å². The lowest BCUT2D eigenvalue weighted by atomic mass is 10.1. The quantitative estimate of drug-likeness (QED) is 0.510. The van der Waals surface area contributed by atoms with Gasteiger partial charge >= 0.3 is 0 Å². The molecule has 0 fully saturated rings. The molecule has 0 bridgehead atoms. The molecule has 0 heterocycles. The monoisotopic (exact) mass is 176 g/mol. The Labute approximate surface area is 79.9 Å². The molecule has 0 aliphatic carbocycles. The summed E-state index contributed by atoms with van der Waals surface area (Å²) in [5.74, 6) is 0. The Hall–Kier alpha value is -1.31. The first kappa shape index (κ1) is 9.78. The van der Waals surface area contributed by atoms with Crippen molar-refractivity contribution >= 4 is 12.0 Å². The van der Waals surface area contributed by atoms with Crippen LogP contribution < -0.4 is 0 Å². The van der Waals surface area contributed by atoms with Crippen LogP contribution in [-0.4, -0.2) is 25.3 Å². The molecule has 2 nitrogen and oxygen atoms in total. The van der Waals surface area contributed by atoms with Gasteiger partial charge in [-0.05, 0) is 24.1 Å². The van der Waals surface area contributed by atoms with Gasteiger partial charge in [0.1, 0.15) is 0 Å². The molecule has 0 unspecified atom stereocenters. The van der Waals surface area contributed by atoms with Crippen LogP contribution in [0.5, 0.6) is 0 Å². The Morgan fingerprint density at radius 2 is 2.15 bits per heavy atom. The SMILES string of the molecule is CCc1cccc(N=CN(C)C)c1. The minimum Gasteiger partial charge on any atom is -0.369 e. The van der Waals surface area contributed by atoms with Crippen molar-refractivity contribution in [2.75, 3.05) is 14.1 Å². The smallest absolute Gasteiger partial charge is 0.0907 e. The largest absolute Gasteiger partial charge is 0.369 e. The zero-order chi connectivity index (χ0) is 9.68. The van der Waals surface area contributed by atoms with Crippen LogP contribution in [0.2, 0.25) is 0 Å². The average molecular weight is 176 g/mol. The van der Waals surface area contributed by atoms with Gasteiger partial charge in [-0.15, -0.1) is 0 Å². The highest BCUT2D eigenvalue weighted by Crippen LogP contribution is 2.13. The summed E-state index contributed by atoms with van der Waals surface area (Å²) >= 11 is 0. The summed E-state index contributed by atoms with van der Waals surface area (Å²) < 4.78 is 0. The van der Waals surface area contributed by atoms with Crippen molar-refractivity contribution in [1.82, 2.24) is 4.90 Å². The van der Waals surface area contributed by atoms with Gasteiger partial charge in [0.05, 0.1) is 12.0 Å². The first-order valence-corrected chi connectivity index (χ1v) is 4.52. The number of benzene rings is 1. The maximum atomic E-state index is 4.32. The van der Waals surface area contributed by atoms with Crippen molar-refractivity contribution in [3.8, 4) is 0 Å². The van der Waals surface area contributed by atoms with Gasteiger partial charge in [-0.3, -0.25) is 0 Å². The Bertz CT molecular complexity index is 290. The summed E-state index contributed by atoms with van der Waals surface area (Å²) in [5, 5.41) is 0. The van der Waals surface area contributed by atoms with Crippen LogP contribution in [0, 0.1) is 0 Å². The van der Waals surface area contributed by atoms with Crippen molar-refractivity contribution in [3.63, 3.8) is 0 Å². The number of rotatable bonds is 3. The van der Waals surface area contributed by atoms with Gasteiger partial charge < -0.3 is 4.90 Å². The number of aryl methyl sites for hydroxylation is 1. The molecule has 70 valence electrons. The summed E-state index contributed by atoms with van der Waals surface area (Å²) in [7, 11) is 3.93. The fraction of sp³-hybridized carbons (Fsp3) is 0.364. The number of hydrogen-bond acceptors (Lipinski definition) is 1. The van der Waals surface area contributed by atoms with E-state index in [4.69, 9.17) is 0 Å². The second-order valence-electron chi connectivity index (χ2n) is 3.23. The molecule has 13 heavy (non-hydrogen) atoms. The van der Waals surface area contributed by atoms with E-state index in [9.17, 15) is 0 Å². The fourth-order valence-electron chi connectivity index (χ4n) is 1.04. The summed E-state index contributed by atoms with van der Waals surface area (Å²) in [4.78, 5) is 6.24. The summed E-state index contributed by atoms with van der Waals surface area (Å²) in [6.07, 6.45) is 2.88. The van der Waals surface area contributed by atoms with Crippen molar-refractivity contribution in [2.45, 2.75) is 13.3 Å². The summed E-state index contributed by atoms with van der Waals surface area (Å²) in [6.45, 7) is 2.15.